The van der Waals surface area contributed by atoms with Crippen molar-refractivity contribution in [2.45, 2.75) is 44.6 Å². The minimum absolute atomic E-state index is 0.00331. The molecule has 0 bridgehead atoms. The molecule has 0 radical (unpaired) electrons. The topological polar surface area (TPSA) is 60.0 Å². The summed E-state index contributed by atoms with van der Waals surface area (Å²) in [4.78, 5) is 15.0. The number of hydrogen-bond acceptors (Lipinski definition) is 5. The molecule has 2 fully saturated rings. The van der Waals surface area contributed by atoms with E-state index in [0.717, 1.165) is 39.1 Å². The predicted octanol–water partition coefficient (Wildman–Crippen LogP) is 2.62. The van der Waals surface area contributed by atoms with Crippen LogP contribution >= 0.6 is 0 Å². The van der Waals surface area contributed by atoms with Gasteiger partial charge in [0.15, 0.2) is 18.1 Å². The van der Waals surface area contributed by atoms with E-state index < -0.39 is 0 Å². The minimum Gasteiger partial charge on any atom is -0.490 e. The van der Waals surface area contributed by atoms with Crippen molar-refractivity contribution in [1.29, 1.82) is 0 Å². The molecule has 0 aromatic heterocycles. The number of carbonyl (C=O) groups is 1. The fourth-order valence-corrected chi connectivity index (χ4v) is 4.03. The van der Waals surface area contributed by atoms with Gasteiger partial charge in [-0.15, -0.1) is 0 Å². The Morgan fingerprint density at radius 2 is 1.78 bits per heavy atom. The number of benzene rings is 1. The third-order valence-corrected chi connectivity index (χ3v) is 5.57. The van der Waals surface area contributed by atoms with E-state index in [1.165, 1.54) is 19.3 Å². The molecule has 2 saturated heterocycles. The molecule has 27 heavy (non-hydrogen) atoms. The summed E-state index contributed by atoms with van der Waals surface area (Å²) in [6, 6.07) is 7.45. The number of likely N-dealkylation sites (tertiary alicyclic amines) is 1. The first kappa shape index (κ1) is 20.0. The van der Waals surface area contributed by atoms with Gasteiger partial charge in [-0.2, -0.15) is 0 Å². The SMILES string of the molecule is CCOc1ccccc1OCC(=O)NCC1(N2CCCCC2)CCOCC1. The molecule has 1 aromatic carbocycles. The van der Waals surface area contributed by atoms with Crippen LogP contribution in [0.2, 0.25) is 0 Å². The van der Waals surface area contributed by atoms with Gasteiger partial charge in [0, 0.05) is 25.3 Å². The summed E-state index contributed by atoms with van der Waals surface area (Å²) in [5.74, 6) is 1.18. The van der Waals surface area contributed by atoms with Crippen molar-refractivity contribution in [3.63, 3.8) is 0 Å². The quantitative estimate of drug-likeness (QED) is 0.756. The first-order chi connectivity index (χ1) is 13.2. The van der Waals surface area contributed by atoms with Crippen molar-refractivity contribution >= 4 is 5.91 Å². The second kappa shape index (κ2) is 9.95. The molecule has 6 heteroatoms. The normalized spacial score (nSPS) is 20.0. The molecule has 2 heterocycles. The lowest BCUT2D eigenvalue weighted by molar-refractivity contribution is -0.124. The van der Waals surface area contributed by atoms with Gasteiger partial charge in [0.1, 0.15) is 0 Å². The number of para-hydroxylation sites is 2. The average Bonchev–Trinajstić information content (AvgIpc) is 2.73. The van der Waals surface area contributed by atoms with Crippen LogP contribution in [0.1, 0.15) is 39.0 Å². The molecule has 2 aliphatic heterocycles. The summed E-state index contributed by atoms with van der Waals surface area (Å²) in [5, 5.41) is 3.11. The summed E-state index contributed by atoms with van der Waals surface area (Å²) >= 11 is 0. The Morgan fingerprint density at radius 3 is 2.44 bits per heavy atom. The monoisotopic (exact) mass is 376 g/mol. The van der Waals surface area contributed by atoms with Crippen LogP contribution < -0.4 is 14.8 Å². The molecule has 2 aliphatic rings. The smallest absolute Gasteiger partial charge is 0.258 e. The van der Waals surface area contributed by atoms with Crippen molar-refractivity contribution in [2.24, 2.45) is 0 Å². The summed E-state index contributed by atoms with van der Waals surface area (Å²) in [5.41, 5.74) is 0.0254. The Morgan fingerprint density at radius 1 is 1.11 bits per heavy atom. The van der Waals surface area contributed by atoms with Crippen LogP contribution in [0.25, 0.3) is 0 Å². The Hall–Kier alpha value is -1.79. The largest absolute Gasteiger partial charge is 0.490 e. The molecule has 0 atom stereocenters. The molecule has 150 valence electrons. The zero-order valence-electron chi connectivity index (χ0n) is 16.4. The number of carbonyl (C=O) groups excluding carboxylic acids is 1. The van der Waals surface area contributed by atoms with Crippen molar-refractivity contribution in [3.05, 3.63) is 24.3 Å². The van der Waals surface area contributed by atoms with Crippen molar-refractivity contribution in [2.75, 3.05) is 46.1 Å². The minimum atomic E-state index is -0.0934. The molecule has 1 amide bonds. The van der Waals surface area contributed by atoms with Gasteiger partial charge in [-0.25, -0.2) is 0 Å². The fraction of sp³-hybridized carbons (Fsp3) is 0.667. The molecule has 6 nitrogen and oxygen atoms in total. The number of ether oxygens (including phenoxy) is 3. The summed E-state index contributed by atoms with van der Waals surface area (Å²) in [7, 11) is 0. The number of amides is 1. The maximum absolute atomic E-state index is 12.4. The molecule has 0 unspecified atom stereocenters. The molecule has 1 N–H and O–H groups in total. The number of rotatable bonds is 8. The Labute approximate surface area is 162 Å². The first-order valence-corrected chi connectivity index (χ1v) is 10.2. The summed E-state index contributed by atoms with van der Waals surface area (Å²) < 4.78 is 16.8. The van der Waals surface area contributed by atoms with E-state index in [1.54, 1.807) is 0 Å². The number of piperidine rings is 1. The second-order valence-electron chi connectivity index (χ2n) is 7.33. The van der Waals surface area contributed by atoms with Crippen LogP contribution in [-0.4, -0.2) is 62.4 Å². The average molecular weight is 376 g/mol. The van der Waals surface area contributed by atoms with Crippen LogP contribution in [0, 0.1) is 0 Å². The number of hydrogen-bond donors (Lipinski definition) is 1. The number of nitrogens with one attached hydrogen (secondary N) is 1. The van der Waals surface area contributed by atoms with E-state index >= 15 is 0 Å². The van der Waals surface area contributed by atoms with Crippen LogP contribution in [0.15, 0.2) is 24.3 Å². The lowest BCUT2D eigenvalue weighted by atomic mass is 9.86. The Bertz CT molecular complexity index is 596. The zero-order chi connectivity index (χ0) is 19.0. The highest BCUT2D eigenvalue weighted by molar-refractivity contribution is 5.77. The van der Waals surface area contributed by atoms with Crippen molar-refractivity contribution < 1.29 is 19.0 Å². The van der Waals surface area contributed by atoms with E-state index in [0.29, 0.717) is 24.7 Å². The highest BCUT2D eigenvalue weighted by atomic mass is 16.5. The zero-order valence-corrected chi connectivity index (χ0v) is 16.4. The van der Waals surface area contributed by atoms with Gasteiger partial charge < -0.3 is 19.5 Å². The van der Waals surface area contributed by atoms with Gasteiger partial charge in [0.25, 0.3) is 5.91 Å². The lowest BCUT2D eigenvalue weighted by Gasteiger charge is -2.48. The van der Waals surface area contributed by atoms with Gasteiger partial charge in [0.05, 0.1) is 6.61 Å². The van der Waals surface area contributed by atoms with Crippen LogP contribution in [-0.2, 0) is 9.53 Å². The highest BCUT2D eigenvalue weighted by Gasteiger charge is 2.39. The predicted molar refractivity (Wildman–Crippen MR) is 104 cm³/mol. The van der Waals surface area contributed by atoms with E-state index in [2.05, 4.69) is 10.2 Å². The molecule has 0 saturated carbocycles. The van der Waals surface area contributed by atoms with E-state index in [1.807, 2.05) is 31.2 Å². The molecule has 0 spiro atoms. The Kier molecular flexibility index (Phi) is 7.35. The highest BCUT2D eigenvalue weighted by Crippen LogP contribution is 2.30. The molecular weight excluding hydrogens is 344 g/mol. The fourth-order valence-electron chi connectivity index (χ4n) is 4.03. The van der Waals surface area contributed by atoms with Crippen molar-refractivity contribution in [1.82, 2.24) is 10.2 Å². The van der Waals surface area contributed by atoms with Crippen molar-refractivity contribution in [3.8, 4) is 11.5 Å². The molecule has 3 rings (SSSR count). The van der Waals surface area contributed by atoms with E-state index in [4.69, 9.17) is 14.2 Å². The number of nitrogens with zero attached hydrogens (tertiary/aromatic N) is 1. The van der Waals surface area contributed by atoms with E-state index in [9.17, 15) is 4.79 Å². The summed E-state index contributed by atoms with van der Waals surface area (Å²) in [6.45, 7) is 6.92. The second-order valence-corrected chi connectivity index (χ2v) is 7.33. The lowest BCUT2D eigenvalue weighted by Crippen LogP contribution is -2.59. The van der Waals surface area contributed by atoms with Gasteiger partial charge in [-0.1, -0.05) is 18.6 Å². The molecule has 1 aromatic rings. The first-order valence-electron chi connectivity index (χ1n) is 10.2. The summed E-state index contributed by atoms with van der Waals surface area (Å²) in [6.07, 6.45) is 5.74. The maximum atomic E-state index is 12.4. The van der Waals surface area contributed by atoms with Gasteiger partial charge in [-0.05, 0) is 57.8 Å². The third-order valence-electron chi connectivity index (χ3n) is 5.57. The standard InChI is InChI=1S/C21H32N2O4/c1-2-26-18-8-4-5-9-19(18)27-16-20(24)22-17-21(10-14-25-15-11-21)23-12-6-3-7-13-23/h4-5,8-9H,2-3,6-7,10-17H2,1H3,(H,22,24). The van der Waals surface area contributed by atoms with E-state index in [-0.39, 0.29) is 18.1 Å². The van der Waals surface area contributed by atoms with Crippen LogP contribution in [0.5, 0.6) is 11.5 Å². The maximum Gasteiger partial charge on any atom is 0.258 e. The van der Waals surface area contributed by atoms with Crippen LogP contribution in [0.3, 0.4) is 0 Å². The van der Waals surface area contributed by atoms with Gasteiger partial charge >= 0.3 is 0 Å². The Balaban J connectivity index is 1.53. The molecule has 0 aliphatic carbocycles. The molecular formula is C21H32N2O4. The van der Waals surface area contributed by atoms with Gasteiger partial charge in [0.2, 0.25) is 0 Å². The third kappa shape index (κ3) is 5.36. The van der Waals surface area contributed by atoms with Crippen LogP contribution in [0.4, 0.5) is 0 Å². The van der Waals surface area contributed by atoms with Gasteiger partial charge in [-0.3, -0.25) is 9.69 Å².